The van der Waals surface area contributed by atoms with Gasteiger partial charge in [-0.1, -0.05) is 56.1 Å². The van der Waals surface area contributed by atoms with Crippen LogP contribution in [0.25, 0.3) is 0 Å². The van der Waals surface area contributed by atoms with Crippen LogP contribution in [0.3, 0.4) is 0 Å². The number of rotatable bonds is 4. The van der Waals surface area contributed by atoms with Gasteiger partial charge in [-0.25, -0.2) is 0 Å². The van der Waals surface area contributed by atoms with Crippen LogP contribution in [-0.2, 0) is 17.8 Å². The summed E-state index contributed by atoms with van der Waals surface area (Å²) in [7, 11) is 0. The van der Waals surface area contributed by atoms with Gasteiger partial charge in [-0.15, -0.1) is 0 Å². The molecule has 0 radical (unpaired) electrons. The summed E-state index contributed by atoms with van der Waals surface area (Å²) < 4.78 is 2.03. The van der Waals surface area contributed by atoms with Crippen LogP contribution in [0.5, 0.6) is 0 Å². The minimum Gasteiger partial charge on any atom is -0.352 e. The first-order valence-corrected chi connectivity index (χ1v) is 7.48. The molecule has 1 N–H and O–H groups in total. The zero-order valence-corrected chi connectivity index (χ0v) is 13.4. The molecule has 0 atom stereocenters. The zero-order valence-electron chi connectivity index (χ0n) is 10.2. The lowest BCUT2D eigenvalue weighted by Gasteiger charge is -2.06. The number of hydrogen-bond acceptors (Lipinski definition) is 1. The second-order valence-electron chi connectivity index (χ2n) is 4.21. The van der Waals surface area contributed by atoms with E-state index in [1.807, 2.05) is 48.5 Å². The van der Waals surface area contributed by atoms with E-state index < -0.39 is 0 Å². The topological polar surface area (TPSA) is 29.1 Å². The fourth-order valence-electron chi connectivity index (χ4n) is 1.70. The van der Waals surface area contributed by atoms with Crippen LogP contribution >= 0.6 is 31.9 Å². The highest BCUT2D eigenvalue weighted by atomic mass is 79.9. The molecule has 0 aliphatic heterocycles. The molecule has 4 heteroatoms. The van der Waals surface area contributed by atoms with Crippen LogP contribution in [0.2, 0.25) is 0 Å². The lowest BCUT2D eigenvalue weighted by molar-refractivity contribution is -0.120. The van der Waals surface area contributed by atoms with Gasteiger partial charge in [0.05, 0.1) is 6.42 Å². The van der Waals surface area contributed by atoms with E-state index in [1.165, 1.54) is 0 Å². The molecule has 0 aromatic heterocycles. The first-order valence-electron chi connectivity index (χ1n) is 5.89. The van der Waals surface area contributed by atoms with Crippen molar-refractivity contribution < 1.29 is 4.79 Å². The Labute approximate surface area is 129 Å². The Balaban J connectivity index is 1.86. The molecule has 0 saturated heterocycles. The summed E-state index contributed by atoms with van der Waals surface area (Å²) >= 11 is 6.78. The van der Waals surface area contributed by atoms with Crippen LogP contribution in [0, 0.1) is 0 Å². The van der Waals surface area contributed by atoms with Crippen LogP contribution in [-0.4, -0.2) is 5.91 Å². The van der Waals surface area contributed by atoms with Crippen molar-refractivity contribution >= 4 is 37.8 Å². The number of nitrogens with one attached hydrogen (secondary N) is 1. The molecule has 19 heavy (non-hydrogen) atoms. The highest BCUT2D eigenvalue weighted by Gasteiger charge is 2.03. The Hall–Kier alpha value is -1.13. The van der Waals surface area contributed by atoms with Crippen molar-refractivity contribution in [2.75, 3.05) is 0 Å². The molecular weight excluding hydrogens is 370 g/mol. The van der Waals surface area contributed by atoms with Gasteiger partial charge in [0.15, 0.2) is 0 Å². The highest BCUT2D eigenvalue weighted by Crippen LogP contribution is 2.12. The normalized spacial score (nSPS) is 10.2. The minimum absolute atomic E-state index is 0.0287. The van der Waals surface area contributed by atoms with Crippen molar-refractivity contribution in [1.29, 1.82) is 0 Å². The van der Waals surface area contributed by atoms with Gasteiger partial charge in [0.1, 0.15) is 0 Å². The van der Waals surface area contributed by atoms with Crippen molar-refractivity contribution in [3.63, 3.8) is 0 Å². The number of hydrogen-bond donors (Lipinski definition) is 1. The number of carbonyl (C=O) groups is 1. The third-order valence-electron chi connectivity index (χ3n) is 2.66. The standard InChI is InChI=1S/C15H13Br2NO/c16-13-6-4-11(5-7-13)10-18-15(19)9-12-2-1-3-14(17)8-12/h1-8H,9-10H2,(H,18,19). The Kier molecular flexibility index (Phi) is 5.16. The summed E-state index contributed by atoms with van der Waals surface area (Å²) in [5, 5.41) is 2.92. The molecule has 0 bridgehead atoms. The summed E-state index contributed by atoms with van der Waals surface area (Å²) in [6.45, 7) is 0.556. The van der Waals surface area contributed by atoms with Crippen LogP contribution in [0.15, 0.2) is 57.5 Å². The zero-order chi connectivity index (χ0) is 13.7. The minimum atomic E-state index is 0.0287. The fraction of sp³-hybridized carbons (Fsp3) is 0.133. The molecule has 2 aromatic carbocycles. The Bertz CT molecular complexity index is 567. The van der Waals surface area contributed by atoms with Crippen molar-refractivity contribution in [1.82, 2.24) is 5.32 Å². The molecule has 2 nitrogen and oxygen atoms in total. The summed E-state index contributed by atoms with van der Waals surface area (Å²) in [5.41, 5.74) is 2.09. The SMILES string of the molecule is O=C(Cc1cccc(Br)c1)NCc1ccc(Br)cc1. The quantitative estimate of drug-likeness (QED) is 0.848. The molecule has 98 valence electrons. The summed E-state index contributed by atoms with van der Waals surface area (Å²) in [6.07, 6.45) is 0.399. The molecule has 0 fully saturated rings. The molecule has 0 aliphatic carbocycles. The van der Waals surface area contributed by atoms with Crippen molar-refractivity contribution in [2.45, 2.75) is 13.0 Å². The lowest BCUT2D eigenvalue weighted by Crippen LogP contribution is -2.24. The van der Waals surface area contributed by atoms with Crippen LogP contribution in [0.1, 0.15) is 11.1 Å². The van der Waals surface area contributed by atoms with Gasteiger partial charge >= 0.3 is 0 Å². The Morgan fingerprint density at radius 3 is 2.37 bits per heavy atom. The summed E-state index contributed by atoms with van der Waals surface area (Å²) in [5.74, 6) is 0.0287. The lowest BCUT2D eigenvalue weighted by atomic mass is 10.1. The maximum atomic E-state index is 11.8. The third-order valence-corrected chi connectivity index (χ3v) is 3.68. The first-order chi connectivity index (χ1) is 9.13. The monoisotopic (exact) mass is 381 g/mol. The fourth-order valence-corrected chi connectivity index (χ4v) is 2.41. The second kappa shape index (κ2) is 6.87. The van der Waals surface area contributed by atoms with Gasteiger partial charge in [-0.3, -0.25) is 4.79 Å². The van der Waals surface area contributed by atoms with E-state index in [0.717, 1.165) is 20.1 Å². The first kappa shape index (κ1) is 14.3. The van der Waals surface area contributed by atoms with Gasteiger partial charge in [-0.2, -0.15) is 0 Å². The smallest absolute Gasteiger partial charge is 0.224 e. The molecular formula is C15H13Br2NO. The average Bonchev–Trinajstić information content (AvgIpc) is 2.38. The van der Waals surface area contributed by atoms with Gasteiger partial charge < -0.3 is 5.32 Å². The van der Waals surface area contributed by atoms with E-state index in [9.17, 15) is 4.79 Å². The van der Waals surface area contributed by atoms with Gasteiger partial charge in [0, 0.05) is 15.5 Å². The maximum absolute atomic E-state index is 11.8. The largest absolute Gasteiger partial charge is 0.352 e. The molecule has 0 unspecified atom stereocenters. The molecule has 0 saturated carbocycles. The summed E-state index contributed by atoms with van der Waals surface area (Å²) in [6, 6.07) is 15.7. The Morgan fingerprint density at radius 2 is 1.68 bits per heavy atom. The molecule has 0 aliphatic rings. The number of halogens is 2. The average molecular weight is 383 g/mol. The summed E-state index contributed by atoms with van der Waals surface area (Å²) in [4.78, 5) is 11.8. The highest BCUT2D eigenvalue weighted by molar-refractivity contribution is 9.10. The van der Waals surface area contributed by atoms with E-state index in [1.54, 1.807) is 0 Å². The molecule has 1 amide bonds. The molecule has 2 rings (SSSR count). The van der Waals surface area contributed by atoms with E-state index in [4.69, 9.17) is 0 Å². The van der Waals surface area contributed by atoms with Crippen molar-refractivity contribution in [3.05, 3.63) is 68.6 Å². The number of amides is 1. The van der Waals surface area contributed by atoms with E-state index in [-0.39, 0.29) is 5.91 Å². The van der Waals surface area contributed by atoms with Crippen molar-refractivity contribution in [3.8, 4) is 0 Å². The third kappa shape index (κ3) is 4.80. The van der Waals surface area contributed by atoms with Crippen LogP contribution < -0.4 is 5.32 Å². The molecule has 0 heterocycles. The molecule has 2 aromatic rings. The maximum Gasteiger partial charge on any atom is 0.224 e. The van der Waals surface area contributed by atoms with Gasteiger partial charge in [0.25, 0.3) is 0 Å². The van der Waals surface area contributed by atoms with E-state index in [2.05, 4.69) is 37.2 Å². The predicted molar refractivity (Wildman–Crippen MR) is 83.8 cm³/mol. The van der Waals surface area contributed by atoms with Gasteiger partial charge in [0.2, 0.25) is 5.91 Å². The predicted octanol–water partition coefficient (Wildman–Crippen LogP) is 4.07. The van der Waals surface area contributed by atoms with E-state index in [0.29, 0.717) is 13.0 Å². The van der Waals surface area contributed by atoms with Gasteiger partial charge in [-0.05, 0) is 35.4 Å². The Morgan fingerprint density at radius 1 is 0.947 bits per heavy atom. The number of benzene rings is 2. The van der Waals surface area contributed by atoms with Crippen LogP contribution in [0.4, 0.5) is 0 Å². The number of carbonyl (C=O) groups excluding carboxylic acids is 1. The second-order valence-corrected chi connectivity index (χ2v) is 6.04. The molecule has 0 spiro atoms. The van der Waals surface area contributed by atoms with Crippen molar-refractivity contribution in [2.24, 2.45) is 0 Å². The van der Waals surface area contributed by atoms with E-state index >= 15 is 0 Å².